The topological polar surface area (TPSA) is 86.8 Å². The second kappa shape index (κ2) is 14.1. The third kappa shape index (κ3) is 8.30. The number of amides is 2. The molecule has 0 aliphatic heterocycles. The van der Waals surface area contributed by atoms with Crippen LogP contribution in [0.1, 0.15) is 38.3 Å². The van der Waals surface area contributed by atoms with E-state index in [9.17, 15) is 18.0 Å². The molecule has 3 aromatic rings. The van der Waals surface area contributed by atoms with Crippen LogP contribution in [0, 0.1) is 6.92 Å². The number of hydrogen-bond acceptors (Lipinski definition) is 4. The summed E-state index contributed by atoms with van der Waals surface area (Å²) in [4.78, 5) is 28.4. The zero-order valence-electron chi connectivity index (χ0n) is 23.0. The molecule has 0 saturated heterocycles. The van der Waals surface area contributed by atoms with Crippen LogP contribution in [0.5, 0.6) is 0 Å². The van der Waals surface area contributed by atoms with Crippen molar-refractivity contribution in [1.82, 2.24) is 10.2 Å². The number of benzene rings is 3. The van der Waals surface area contributed by atoms with Crippen LogP contribution in [-0.2, 0) is 26.2 Å². The number of hydrogen-bond donors (Lipinski definition) is 1. The first-order chi connectivity index (χ1) is 19.2. The van der Waals surface area contributed by atoms with E-state index in [4.69, 9.17) is 46.4 Å². The van der Waals surface area contributed by atoms with E-state index in [2.05, 4.69) is 5.32 Å². The fraction of sp³-hybridized carbons (Fsp3) is 0.310. The first-order valence-electron chi connectivity index (χ1n) is 12.8. The van der Waals surface area contributed by atoms with Crippen molar-refractivity contribution in [1.29, 1.82) is 0 Å². The molecule has 0 aliphatic rings. The summed E-state index contributed by atoms with van der Waals surface area (Å²) in [6.07, 6.45) is 0.681. The molecule has 2 amide bonds. The molecule has 2 atom stereocenters. The molecular weight excluding hydrogens is 628 g/mol. The summed E-state index contributed by atoms with van der Waals surface area (Å²) in [6.45, 7) is 6.37. The van der Waals surface area contributed by atoms with Gasteiger partial charge in [0.15, 0.2) is 0 Å². The zero-order valence-corrected chi connectivity index (χ0v) is 26.8. The molecule has 0 radical (unpaired) electrons. The van der Waals surface area contributed by atoms with Gasteiger partial charge in [-0.05, 0) is 69.7 Å². The lowest BCUT2D eigenvalue weighted by Crippen LogP contribution is -2.52. The van der Waals surface area contributed by atoms with Crippen LogP contribution in [0.3, 0.4) is 0 Å². The SMILES string of the molecule is CC[C@@H](C)NC(=O)[C@@H](C)N(Cc1c(Cl)cccc1Cl)C(=O)CN(c1cc(Cl)cc(Cl)c1)S(=O)(=O)c1ccc(C)cc1. The van der Waals surface area contributed by atoms with Crippen molar-refractivity contribution in [2.75, 3.05) is 10.8 Å². The third-order valence-corrected chi connectivity index (χ3v) is 9.51. The van der Waals surface area contributed by atoms with E-state index in [1.807, 2.05) is 20.8 Å². The fourth-order valence-corrected chi connectivity index (χ4v) is 6.38. The quantitative estimate of drug-likeness (QED) is 0.237. The highest BCUT2D eigenvalue weighted by molar-refractivity contribution is 7.92. The van der Waals surface area contributed by atoms with Crippen LogP contribution in [0.4, 0.5) is 5.69 Å². The number of nitrogens with zero attached hydrogens (tertiary/aromatic N) is 2. The summed E-state index contributed by atoms with van der Waals surface area (Å²) in [5.74, 6) is -1.07. The van der Waals surface area contributed by atoms with Crippen molar-refractivity contribution in [2.24, 2.45) is 0 Å². The maximum atomic E-state index is 14.0. The first kappa shape index (κ1) is 33.0. The lowest BCUT2D eigenvalue weighted by atomic mass is 10.1. The number of carbonyl (C=O) groups is 2. The Labute approximate surface area is 261 Å². The molecule has 0 saturated carbocycles. The van der Waals surface area contributed by atoms with Gasteiger partial charge in [-0.2, -0.15) is 0 Å². The Bertz CT molecular complexity index is 1480. The van der Waals surface area contributed by atoms with E-state index in [1.165, 1.54) is 35.2 Å². The molecule has 3 aromatic carbocycles. The minimum atomic E-state index is -4.28. The van der Waals surface area contributed by atoms with Crippen molar-refractivity contribution in [3.8, 4) is 0 Å². The van der Waals surface area contributed by atoms with Gasteiger partial charge in [0.1, 0.15) is 12.6 Å². The Morgan fingerprint density at radius 3 is 2.00 bits per heavy atom. The van der Waals surface area contributed by atoms with E-state index in [-0.39, 0.29) is 33.2 Å². The molecule has 0 spiro atoms. The maximum Gasteiger partial charge on any atom is 0.264 e. The average Bonchev–Trinajstić information content (AvgIpc) is 2.90. The van der Waals surface area contributed by atoms with Gasteiger partial charge in [-0.3, -0.25) is 13.9 Å². The number of anilines is 1. The lowest BCUT2D eigenvalue weighted by molar-refractivity contribution is -0.139. The van der Waals surface area contributed by atoms with Gasteiger partial charge in [-0.15, -0.1) is 0 Å². The number of aryl methyl sites for hydroxylation is 1. The largest absolute Gasteiger partial charge is 0.352 e. The number of carbonyl (C=O) groups excluding carboxylic acids is 2. The molecular formula is C29H31Cl4N3O4S. The van der Waals surface area contributed by atoms with Crippen LogP contribution in [0.25, 0.3) is 0 Å². The summed E-state index contributed by atoms with van der Waals surface area (Å²) >= 11 is 25.3. The number of nitrogens with one attached hydrogen (secondary N) is 1. The third-order valence-electron chi connectivity index (χ3n) is 6.58. The Balaban J connectivity index is 2.10. The number of rotatable bonds is 11. The summed E-state index contributed by atoms with van der Waals surface area (Å²) in [6, 6.07) is 14.3. The average molecular weight is 659 g/mol. The molecule has 0 fully saturated rings. The maximum absolute atomic E-state index is 14.0. The Morgan fingerprint density at radius 2 is 1.46 bits per heavy atom. The molecule has 0 heterocycles. The van der Waals surface area contributed by atoms with Crippen LogP contribution < -0.4 is 9.62 Å². The predicted molar refractivity (Wildman–Crippen MR) is 167 cm³/mol. The lowest BCUT2D eigenvalue weighted by Gasteiger charge is -2.33. The summed E-state index contributed by atoms with van der Waals surface area (Å²) in [7, 11) is -4.28. The highest BCUT2D eigenvalue weighted by Crippen LogP contribution is 2.31. The molecule has 1 N–H and O–H groups in total. The number of sulfonamides is 1. The van der Waals surface area contributed by atoms with E-state index in [0.717, 1.165) is 9.87 Å². The molecule has 41 heavy (non-hydrogen) atoms. The van der Waals surface area contributed by atoms with Gasteiger partial charge in [0, 0.05) is 38.2 Å². The highest BCUT2D eigenvalue weighted by atomic mass is 35.5. The number of halogens is 4. The Hall–Kier alpha value is -2.49. The smallest absolute Gasteiger partial charge is 0.264 e. The van der Waals surface area contributed by atoms with Gasteiger partial charge in [0.25, 0.3) is 10.0 Å². The second-order valence-corrected chi connectivity index (χ2v) is 13.2. The molecule has 7 nitrogen and oxygen atoms in total. The normalized spacial score (nSPS) is 12.9. The molecule has 0 aromatic heterocycles. The van der Waals surface area contributed by atoms with Crippen molar-refractivity contribution in [3.05, 3.63) is 91.9 Å². The van der Waals surface area contributed by atoms with Crippen LogP contribution in [0.2, 0.25) is 20.1 Å². The van der Waals surface area contributed by atoms with Gasteiger partial charge in [-0.25, -0.2) is 8.42 Å². The molecule has 3 rings (SSSR count). The van der Waals surface area contributed by atoms with Crippen molar-refractivity contribution >= 4 is 73.9 Å². The fourth-order valence-electron chi connectivity index (χ4n) is 3.95. The zero-order chi connectivity index (χ0) is 30.5. The predicted octanol–water partition coefficient (Wildman–Crippen LogP) is 7.14. The Morgan fingerprint density at radius 1 is 0.902 bits per heavy atom. The van der Waals surface area contributed by atoms with Crippen LogP contribution in [0.15, 0.2) is 65.6 Å². The second-order valence-electron chi connectivity index (χ2n) is 9.67. The molecule has 12 heteroatoms. The van der Waals surface area contributed by atoms with E-state index in [1.54, 1.807) is 37.3 Å². The van der Waals surface area contributed by atoms with Gasteiger partial charge < -0.3 is 10.2 Å². The first-order valence-corrected chi connectivity index (χ1v) is 15.8. The van der Waals surface area contributed by atoms with Crippen molar-refractivity contribution in [2.45, 2.75) is 57.6 Å². The monoisotopic (exact) mass is 657 g/mol. The van der Waals surface area contributed by atoms with E-state index in [0.29, 0.717) is 22.0 Å². The standard InChI is InChI=1S/C29H31Cl4N3O4S/c1-5-19(3)34-29(38)20(4)35(16-25-26(32)7-6-8-27(25)33)28(37)17-36(23-14-21(30)13-22(31)15-23)41(39,40)24-11-9-18(2)10-12-24/h6-15,19-20H,5,16-17H2,1-4H3,(H,34,38)/t19-,20-/m1/s1. The van der Waals surface area contributed by atoms with Gasteiger partial charge in [-0.1, -0.05) is 77.1 Å². The molecule has 220 valence electrons. The van der Waals surface area contributed by atoms with Crippen LogP contribution >= 0.6 is 46.4 Å². The summed E-state index contributed by atoms with van der Waals surface area (Å²) in [5, 5.41) is 3.85. The van der Waals surface area contributed by atoms with E-state index < -0.39 is 34.4 Å². The molecule has 0 aliphatic carbocycles. The van der Waals surface area contributed by atoms with Crippen LogP contribution in [-0.4, -0.2) is 43.8 Å². The van der Waals surface area contributed by atoms with Crippen molar-refractivity contribution in [3.63, 3.8) is 0 Å². The van der Waals surface area contributed by atoms with E-state index >= 15 is 0 Å². The minimum absolute atomic E-state index is 0.0322. The Kier molecular flexibility index (Phi) is 11.4. The summed E-state index contributed by atoms with van der Waals surface area (Å²) in [5.41, 5.74) is 1.37. The molecule has 0 bridgehead atoms. The minimum Gasteiger partial charge on any atom is -0.352 e. The van der Waals surface area contributed by atoms with Gasteiger partial charge in [0.2, 0.25) is 11.8 Å². The van der Waals surface area contributed by atoms with Gasteiger partial charge >= 0.3 is 0 Å². The van der Waals surface area contributed by atoms with Gasteiger partial charge in [0.05, 0.1) is 10.6 Å². The summed E-state index contributed by atoms with van der Waals surface area (Å²) < 4.78 is 28.8. The molecule has 0 unspecified atom stereocenters. The van der Waals surface area contributed by atoms with Crippen molar-refractivity contribution < 1.29 is 18.0 Å². The highest BCUT2D eigenvalue weighted by Gasteiger charge is 2.33.